The third-order valence-corrected chi connectivity index (χ3v) is 5.46. The van der Waals surface area contributed by atoms with Crippen LogP contribution in [-0.4, -0.2) is 30.4 Å². The average Bonchev–Trinajstić information content (AvgIpc) is 3.06. The van der Waals surface area contributed by atoms with Crippen LogP contribution in [-0.2, 0) is 6.54 Å². The zero-order chi connectivity index (χ0) is 16.9. The molecule has 4 heteroatoms. The zero-order valence-electron chi connectivity index (χ0n) is 14.5. The second-order valence-corrected chi connectivity index (χ2v) is 7.72. The van der Waals surface area contributed by atoms with E-state index in [4.69, 9.17) is 0 Å². The average molecular weight is 343 g/mol. The maximum Gasteiger partial charge on any atom is 0.251 e. The van der Waals surface area contributed by atoms with Crippen LogP contribution in [0.2, 0.25) is 0 Å². The first-order valence-electron chi connectivity index (χ1n) is 8.70. The van der Waals surface area contributed by atoms with Gasteiger partial charge in [0.1, 0.15) is 0 Å². The van der Waals surface area contributed by atoms with Gasteiger partial charge >= 0.3 is 0 Å². The Kier molecular flexibility index (Phi) is 5.69. The Hall–Kier alpha value is -1.65. The second-order valence-electron chi connectivity index (χ2n) is 6.94. The molecule has 1 fully saturated rings. The van der Waals surface area contributed by atoms with Gasteiger partial charge in [0.05, 0.1) is 0 Å². The number of hydrogen-bond acceptors (Lipinski definition) is 3. The molecular formula is C20H26N2OS. The molecule has 1 aromatic heterocycles. The summed E-state index contributed by atoms with van der Waals surface area (Å²) < 4.78 is 0. The van der Waals surface area contributed by atoms with Gasteiger partial charge in [-0.15, -0.1) is 0 Å². The van der Waals surface area contributed by atoms with Crippen molar-refractivity contribution in [3.63, 3.8) is 0 Å². The van der Waals surface area contributed by atoms with E-state index in [1.54, 1.807) is 11.3 Å². The third-order valence-electron chi connectivity index (χ3n) is 4.73. The highest BCUT2D eigenvalue weighted by Crippen LogP contribution is 2.19. The summed E-state index contributed by atoms with van der Waals surface area (Å²) in [6.45, 7) is 8.17. The Morgan fingerprint density at radius 2 is 1.92 bits per heavy atom. The standard InChI is InChI=1S/C20H26N2OS/c1-15-9-16(2)11-19(10-15)20(23)21-12-17-3-6-22(7-4-17)13-18-5-8-24-14-18/h5,8-11,14,17H,3-4,6-7,12-13H2,1-2H3,(H,21,23). The second kappa shape index (κ2) is 7.95. The molecule has 0 aliphatic carbocycles. The van der Waals surface area contributed by atoms with Crippen LogP contribution in [0.3, 0.4) is 0 Å². The quantitative estimate of drug-likeness (QED) is 0.890. The molecule has 0 bridgehead atoms. The van der Waals surface area contributed by atoms with E-state index in [2.05, 4.69) is 33.1 Å². The largest absolute Gasteiger partial charge is 0.352 e. The number of hydrogen-bond donors (Lipinski definition) is 1. The molecule has 1 N–H and O–H groups in total. The number of nitrogens with one attached hydrogen (secondary N) is 1. The van der Waals surface area contributed by atoms with Crippen molar-refractivity contribution in [3.8, 4) is 0 Å². The predicted molar refractivity (Wildman–Crippen MR) is 101 cm³/mol. The summed E-state index contributed by atoms with van der Waals surface area (Å²) in [5.41, 5.74) is 4.48. The topological polar surface area (TPSA) is 32.3 Å². The fraction of sp³-hybridized carbons (Fsp3) is 0.450. The molecule has 128 valence electrons. The number of thiophene rings is 1. The van der Waals surface area contributed by atoms with Crippen molar-refractivity contribution >= 4 is 17.2 Å². The van der Waals surface area contributed by atoms with E-state index >= 15 is 0 Å². The van der Waals surface area contributed by atoms with E-state index in [9.17, 15) is 4.79 Å². The molecule has 0 radical (unpaired) electrons. The maximum absolute atomic E-state index is 12.3. The van der Waals surface area contributed by atoms with Gasteiger partial charge in [0.25, 0.3) is 5.91 Å². The van der Waals surface area contributed by atoms with Crippen molar-refractivity contribution in [1.29, 1.82) is 0 Å². The van der Waals surface area contributed by atoms with Crippen LogP contribution in [0.5, 0.6) is 0 Å². The molecule has 1 amide bonds. The Bertz CT molecular complexity index is 653. The first kappa shape index (κ1) is 17.2. The summed E-state index contributed by atoms with van der Waals surface area (Å²) in [5, 5.41) is 7.50. The minimum atomic E-state index is 0.0579. The van der Waals surface area contributed by atoms with Gasteiger partial charge in [-0.3, -0.25) is 9.69 Å². The highest BCUT2D eigenvalue weighted by Gasteiger charge is 2.20. The number of amides is 1. The molecule has 0 saturated carbocycles. The molecule has 1 aliphatic heterocycles. The van der Waals surface area contributed by atoms with Crippen LogP contribution in [0.25, 0.3) is 0 Å². The van der Waals surface area contributed by atoms with Crippen molar-refractivity contribution < 1.29 is 4.79 Å². The van der Waals surface area contributed by atoms with Crippen molar-refractivity contribution in [2.24, 2.45) is 5.92 Å². The van der Waals surface area contributed by atoms with E-state index < -0.39 is 0 Å². The summed E-state index contributed by atoms with van der Waals surface area (Å²) in [6, 6.07) is 8.23. The number of benzene rings is 1. The highest BCUT2D eigenvalue weighted by molar-refractivity contribution is 7.07. The molecule has 24 heavy (non-hydrogen) atoms. The molecule has 1 aliphatic rings. The van der Waals surface area contributed by atoms with Crippen LogP contribution in [0, 0.1) is 19.8 Å². The van der Waals surface area contributed by atoms with E-state index in [-0.39, 0.29) is 5.91 Å². The number of likely N-dealkylation sites (tertiary alicyclic amines) is 1. The fourth-order valence-corrected chi connectivity index (χ4v) is 4.09. The van der Waals surface area contributed by atoms with Gasteiger partial charge in [-0.25, -0.2) is 0 Å². The van der Waals surface area contributed by atoms with Crippen LogP contribution >= 0.6 is 11.3 Å². The molecular weight excluding hydrogens is 316 g/mol. The number of carbonyl (C=O) groups excluding carboxylic acids is 1. The number of nitrogens with zero attached hydrogens (tertiary/aromatic N) is 1. The van der Waals surface area contributed by atoms with Gasteiger partial charge in [0.2, 0.25) is 0 Å². The van der Waals surface area contributed by atoms with Gasteiger partial charge in [-0.1, -0.05) is 17.2 Å². The Balaban J connectivity index is 1.44. The Morgan fingerprint density at radius 3 is 2.54 bits per heavy atom. The number of piperidine rings is 1. The lowest BCUT2D eigenvalue weighted by Crippen LogP contribution is -2.38. The number of rotatable bonds is 5. The van der Waals surface area contributed by atoms with E-state index in [0.717, 1.165) is 55.7 Å². The third kappa shape index (κ3) is 4.68. The molecule has 3 nitrogen and oxygen atoms in total. The van der Waals surface area contributed by atoms with Gasteiger partial charge in [-0.2, -0.15) is 11.3 Å². The van der Waals surface area contributed by atoms with Crippen LogP contribution in [0.4, 0.5) is 0 Å². The molecule has 0 spiro atoms. The summed E-state index contributed by atoms with van der Waals surface area (Å²) in [6.07, 6.45) is 2.33. The minimum absolute atomic E-state index is 0.0579. The van der Waals surface area contributed by atoms with E-state index in [1.165, 1.54) is 5.56 Å². The van der Waals surface area contributed by atoms with E-state index in [1.807, 2.05) is 26.0 Å². The van der Waals surface area contributed by atoms with Crippen LogP contribution < -0.4 is 5.32 Å². The summed E-state index contributed by atoms with van der Waals surface area (Å²) in [4.78, 5) is 14.9. The number of aryl methyl sites for hydroxylation is 2. The van der Waals surface area contributed by atoms with Crippen LogP contribution in [0.1, 0.15) is 39.9 Å². The molecule has 0 atom stereocenters. The molecule has 2 heterocycles. The predicted octanol–water partition coefficient (Wildman–Crippen LogP) is 4.01. The fourth-order valence-electron chi connectivity index (χ4n) is 3.43. The van der Waals surface area contributed by atoms with Gasteiger partial charge in [0.15, 0.2) is 0 Å². The monoisotopic (exact) mass is 342 g/mol. The van der Waals surface area contributed by atoms with Crippen molar-refractivity contribution in [2.45, 2.75) is 33.2 Å². The Labute approximate surface area is 148 Å². The number of carbonyl (C=O) groups is 1. The molecule has 2 aromatic rings. The maximum atomic E-state index is 12.3. The highest BCUT2D eigenvalue weighted by atomic mass is 32.1. The lowest BCUT2D eigenvalue weighted by molar-refractivity contribution is 0.0935. The first-order valence-corrected chi connectivity index (χ1v) is 9.64. The SMILES string of the molecule is Cc1cc(C)cc(C(=O)NCC2CCN(Cc3ccsc3)CC2)c1. The smallest absolute Gasteiger partial charge is 0.251 e. The minimum Gasteiger partial charge on any atom is -0.352 e. The van der Waals surface area contributed by atoms with Crippen molar-refractivity contribution in [3.05, 3.63) is 57.3 Å². The Morgan fingerprint density at radius 1 is 1.21 bits per heavy atom. The summed E-state index contributed by atoms with van der Waals surface area (Å²) in [5.74, 6) is 0.654. The van der Waals surface area contributed by atoms with Gasteiger partial charge in [0, 0.05) is 18.7 Å². The lowest BCUT2D eigenvalue weighted by Gasteiger charge is -2.31. The zero-order valence-corrected chi connectivity index (χ0v) is 15.4. The van der Waals surface area contributed by atoms with Crippen molar-refractivity contribution in [2.75, 3.05) is 19.6 Å². The molecule has 0 unspecified atom stereocenters. The molecule has 1 aromatic carbocycles. The van der Waals surface area contributed by atoms with E-state index in [0.29, 0.717) is 5.92 Å². The lowest BCUT2D eigenvalue weighted by atomic mass is 9.96. The van der Waals surface area contributed by atoms with Gasteiger partial charge < -0.3 is 5.32 Å². The normalized spacial score (nSPS) is 16.2. The van der Waals surface area contributed by atoms with Crippen LogP contribution in [0.15, 0.2) is 35.0 Å². The molecule has 1 saturated heterocycles. The summed E-state index contributed by atoms with van der Waals surface area (Å²) in [7, 11) is 0. The first-order chi connectivity index (χ1) is 11.6. The van der Waals surface area contributed by atoms with Gasteiger partial charge in [-0.05, 0) is 80.2 Å². The van der Waals surface area contributed by atoms with Crippen molar-refractivity contribution in [1.82, 2.24) is 10.2 Å². The summed E-state index contributed by atoms with van der Waals surface area (Å²) >= 11 is 1.77. The molecule has 3 rings (SSSR count).